The molecule has 74 valence electrons. The number of methoxy groups -OCH3 is 1. The van der Waals surface area contributed by atoms with Gasteiger partial charge in [0.1, 0.15) is 12.0 Å². The molecule has 5 heteroatoms. The van der Waals surface area contributed by atoms with E-state index in [0.717, 1.165) is 0 Å². The third-order valence-corrected chi connectivity index (χ3v) is 1.84. The van der Waals surface area contributed by atoms with Gasteiger partial charge >= 0.3 is 5.97 Å². The first-order valence-electron chi connectivity index (χ1n) is 3.81. The lowest BCUT2D eigenvalue weighted by Gasteiger charge is -2.01. The van der Waals surface area contributed by atoms with E-state index in [9.17, 15) is 9.59 Å². The van der Waals surface area contributed by atoms with Gasteiger partial charge in [-0.1, -0.05) is 0 Å². The molecule has 1 aromatic heterocycles. The fourth-order valence-electron chi connectivity index (χ4n) is 0.957. The van der Waals surface area contributed by atoms with Crippen molar-refractivity contribution >= 4 is 23.9 Å². The van der Waals surface area contributed by atoms with Gasteiger partial charge in [-0.2, -0.15) is 0 Å². The number of ether oxygens (including phenoxy) is 1. The number of hydrogen-bond donors (Lipinski definition) is 0. The summed E-state index contributed by atoms with van der Waals surface area (Å²) in [4.78, 5) is 25.5. The highest BCUT2D eigenvalue weighted by Crippen LogP contribution is 2.07. The van der Waals surface area contributed by atoms with Crippen molar-refractivity contribution in [3.63, 3.8) is 0 Å². The average molecular weight is 214 g/mol. The minimum absolute atomic E-state index is 0.0905. The van der Waals surface area contributed by atoms with Gasteiger partial charge in [0.05, 0.1) is 18.7 Å². The molecule has 1 heterocycles. The van der Waals surface area contributed by atoms with Crippen LogP contribution in [-0.2, 0) is 10.6 Å². The highest BCUT2D eigenvalue weighted by molar-refractivity contribution is 6.17. The van der Waals surface area contributed by atoms with Gasteiger partial charge < -0.3 is 4.74 Å². The molecule has 0 aromatic carbocycles. The molecule has 0 spiro atoms. The lowest BCUT2D eigenvalue weighted by Crippen LogP contribution is -2.06. The summed E-state index contributed by atoms with van der Waals surface area (Å²) in [5.74, 6) is -0.439. The number of hydrogen-bond acceptors (Lipinski definition) is 4. The Labute approximate surface area is 85.9 Å². The highest BCUT2D eigenvalue weighted by Gasteiger charge is 2.09. The molecule has 0 saturated heterocycles. The molecule has 1 rings (SSSR count). The summed E-state index contributed by atoms with van der Waals surface area (Å²) >= 11 is 5.55. The molecule has 1 aromatic rings. The number of carbonyl (C=O) groups is 2. The number of aromatic nitrogens is 1. The Balaban J connectivity index is 3.16. The van der Waals surface area contributed by atoms with Crippen LogP contribution in [0.4, 0.5) is 0 Å². The van der Waals surface area contributed by atoms with Crippen molar-refractivity contribution in [1.29, 1.82) is 0 Å². The quantitative estimate of drug-likeness (QED) is 0.433. The molecule has 4 nitrogen and oxygen atoms in total. The first kappa shape index (κ1) is 10.7. The Morgan fingerprint density at radius 2 is 2.36 bits per heavy atom. The second-order valence-corrected chi connectivity index (χ2v) is 2.79. The molecule has 0 atom stereocenters. The van der Waals surface area contributed by atoms with Crippen LogP contribution in [0, 0.1) is 0 Å². The van der Waals surface area contributed by atoms with Crippen molar-refractivity contribution in [2.24, 2.45) is 0 Å². The Hall–Kier alpha value is -1.42. The summed E-state index contributed by atoms with van der Waals surface area (Å²) in [6, 6.07) is 2.88. The van der Waals surface area contributed by atoms with Crippen LogP contribution in [0.1, 0.15) is 26.5 Å². The maximum Gasteiger partial charge on any atom is 0.356 e. The summed E-state index contributed by atoms with van der Waals surface area (Å²) < 4.78 is 4.47. The summed E-state index contributed by atoms with van der Waals surface area (Å²) in [5.41, 5.74) is 0.917. The Bertz CT molecular complexity index is 365. The molecule has 0 aliphatic rings. The second-order valence-electron chi connectivity index (χ2n) is 2.52. The van der Waals surface area contributed by atoms with Gasteiger partial charge in [-0.3, -0.25) is 4.79 Å². The summed E-state index contributed by atoms with van der Waals surface area (Å²) in [5, 5.41) is 0. The third kappa shape index (κ3) is 2.29. The van der Waals surface area contributed by atoms with Crippen LogP contribution in [0.3, 0.4) is 0 Å². The first-order valence-corrected chi connectivity index (χ1v) is 4.35. The average Bonchev–Trinajstić information content (AvgIpc) is 2.27. The van der Waals surface area contributed by atoms with Gasteiger partial charge in [0.15, 0.2) is 0 Å². The van der Waals surface area contributed by atoms with Gasteiger partial charge in [0, 0.05) is 5.56 Å². The van der Waals surface area contributed by atoms with Crippen molar-refractivity contribution in [1.82, 2.24) is 4.98 Å². The van der Waals surface area contributed by atoms with E-state index in [4.69, 9.17) is 11.6 Å². The molecule has 0 bridgehead atoms. The van der Waals surface area contributed by atoms with Gasteiger partial charge in [-0.15, -0.1) is 11.6 Å². The predicted octanol–water partition coefficient (Wildman–Crippen LogP) is 1.42. The van der Waals surface area contributed by atoms with Crippen molar-refractivity contribution in [2.75, 3.05) is 7.11 Å². The molecular weight excluding hydrogens is 206 g/mol. The molecule has 0 amide bonds. The zero-order valence-corrected chi connectivity index (χ0v) is 8.25. The Kier molecular flexibility index (Phi) is 3.59. The van der Waals surface area contributed by atoms with E-state index in [0.29, 0.717) is 17.5 Å². The number of carbonyl (C=O) groups excluding carboxylic acids is 2. The number of halogens is 1. The molecule has 0 radical (unpaired) electrons. The smallest absolute Gasteiger partial charge is 0.356 e. The van der Waals surface area contributed by atoms with Crippen molar-refractivity contribution < 1.29 is 14.3 Å². The topological polar surface area (TPSA) is 56.3 Å². The van der Waals surface area contributed by atoms with Crippen LogP contribution in [0.15, 0.2) is 12.1 Å². The van der Waals surface area contributed by atoms with E-state index in [-0.39, 0.29) is 11.6 Å². The summed E-state index contributed by atoms with van der Waals surface area (Å²) in [6.07, 6.45) is 0.629. The fraction of sp³-hybridized carbons (Fsp3) is 0.222. The maximum atomic E-state index is 11.1. The summed E-state index contributed by atoms with van der Waals surface area (Å²) in [6.45, 7) is 0. The van der Waals surface area contributed by atoms with Gasteiger partial charge in [-0.05, 0) is 12.1 Å². The van der Waals surface area contributed by atoms with E-state index in [2.05, 4.69) is 9.72 Å². The standard InChI is InChI=1S/C9H8ClNO3/c1-14-9(13)8-3-6(5-12)2-7(4-10)11-8/h2-3,5H,4H2,1H3. The Morgan fingerprint density at radius 3 is 2.86 bits per heavy atom. The van der Waals surface area contributed by atoms with E-state index >= 15 is 0 Å². The van der Waals surface area contributed by atoms with Crippen LogP contribution in [0.2, 0.25) is 0 Å². The van der Waals surface area contributed by atoms with Crippen LogP contribution >= 0.6 is 11.6 Å². The zero-order valence-electron chi connectivity index (χ0n) is 7.49. The van der Waals surface area contributed by atoms with Crippen LogP contribution in [0.5, 0.6) is 0 Å². The van der Waals surface area contributed by atoms with Crippen molar-refractivity contribution in [3.05, 3.63) is 29.1 Å². The normalized spacial score (nSPS) is 9.57. The van der Waals surface area contributed by atoms with E-state index in [1.165, 1.54) is 19.2 Å². The fourth-order valence-corrected chi connectivity index (χ4v) is 1.09. The predicted molar refractivity (Wildman–Crippen MR) is 50.5 cm³/mol. The van der Waals surface area contributed by atoms with Gasteiger partial charge in [0.25, 0.3) is 0 Å². The second kappa shape index (κ2) is 4.72. The molecule has 0 unspecified atom stereocenters. The first-order chi connectivity index (χ1) is 6.71. The van der Waals surface area contributed by atoms with Crippen LogP contribution < -0.4 is 0 Å². The minimum Gasteiger partial charge on any atom is -0.464 e. The molecule has 0 aliphatic heterocycles. The van der Waals surface area contributed by atoms with E-state index < -0.39 is 5.97 Å². The summed E-state index contributed by atoms with van der Waals surface area (Å²) in [7, 11) is 1.25. The monoisotopic (exact) mass is 213 g/mol. The Morgan fingerprint density at radius 1 is 1.64 bits per heavy atom. The molecular formula is C9H8ClNO3. The molecule has 14 heavy (non-hydrogen) atoms. The largest absolute Gasteiger partial charge is 0.464 e. The maximum absolute atomic E-state index is 11.1. The number of alkyl halides is 1. The SMILES string of the molecule is COC(=O)c1cc(C=O)cc(CCl)n1. The van der Waals surface area contributed by atoms with Crippen molar-refractivity contribution in [2.45, 2.75) is 5.88 Å². The molecule has 0 N–H and O–H groups in total. The highest BCUT2D eigenvalue weighted by atomic mass is 35.5. The van der Waals surface area contributed by atoms with Crippen LogP contribution in [0.25, 0.3) is 0 Å². The van der Waals surface area contributed by atoms with Gasteiger partial charge in [-0.25, -0.2) is 9.78 Å². The van der Waals surface area contributed by atoms with Crippen molar-refractivity contribution in [3.8, 4) is 0 Å². The zero-order chi connectivity index (χ0) is 10.6. The number of rotatable bonds is 3. The number of pyridine rings is 1. The third-order valence-electron chi connectivity index (χ3n) is 1.57. The minimum atomic E-state index is -0.583. The lowest BCUT2D eigenvalue weighted by molar-refractivity contribution is 0.0593. The molecule has 0 saturated carbocycles. The van der Waals surface area contributed by atoms with Gasteiger partial charge in [0.2, 0.25) is 0 Å². The van der Waals surface area contributed by atoms with E-state index in [1.54, 1.807) is 0 Å². The number of esters is 1. The molecule has 0 aliphatic carbocycles. The molecule has 0 fully saturated rings. The van der Waals surface area contributed by atoms with Crippen LogP contribution in [-0.4, -0.2) is 24.3 Å². The lowest BCUT2D eigenvalue weighted by atomic mass is 10.2. The van der Waals surface area contributed by atoms with E-state index in [1.807, 2.05) is 0 Å². The number of aldehydes is 1. The number of nitrogens with zero attached hydrogens (tertiary/aromatic N) is 1.